The molecule has 0 fully saturated rings. The van der Waals surface area contributed by atoms with Gasteiger partial charge in [-0.05, 0) is 54.1 Å². The van der Waals surface area contributed by atoms with E-state index in [1.54, 1.807) is 86.0 Å². The first-order valence-electron chi connectivity index (χ1n) is 12.3. The number of methoxy groups -OCH3 is 3. The van der Waals surface area contributed by atoms with Gasteiger partial charge in [0.1, 0.15) is 17.3 Å². The number of nitrogens with zero attached hydrogens (tertiary/aromatic N) is 2. The molecule has 0 bridgehead atoms. The highest BCUT2D eigenvalue weighted by molar-refractivity contribution is 6.06. The summed E-state index contributed by atoms with van der Waals surface area (Å²) in [5.74, 6) is -2.05. The number of hydrogen-bond donors (Lipinski definition) is 3. The zero-order valence-corrected chi connectivity index (χ0v) is 22.5. The third-order valence-electron chi connectivity index (χ3n) is 6.34. The first kappa shape index (κ1) is 28.3. The summed E-state index contributed by atoms with van der Waals surface area (Å²) in [6.07, 6.45) is 0. The number of esters is 2. The number of rotatable bonds is 7. The topological polar surface area (TPSA) is 156 Å². The van der Waals surface area contributed by atoms with Gasteiger partial charge in [-0.3, -0.25) is 4.90 Å². The van der Waals surface area contributed by atoms with E-state index in [-0.39, 0.29) is 22.7 Å². The highest BCUT2D eigenvalue weighted by Crippen LogP contribution is 2.43. The predicted octanol–water partition coefficient (Wildman–Crippen LogP) is 4.24. The van der Waals surface area contributed by atoms with Crippen LogP contribution in [0.3, 0.4) is 0 Å². The van der Waals surface area contributed by atoms with Crippen LogP contribution in [0.2, 0.25) is 0 Å². The zero-order chi connectivity index (χ0) is 29.5. The van der Waals surface area contributed by atoms with Gasteiger partial charge in [0.25, 0.3) is 0 Å². The average molecular weight is 554 g/mol. The fourth-order valence-electron chi connectivity index (χ4n) is 4.44. The number of nitriles is 1. The lowest BCUT2D eigenvalue weighted by atomic mass is 9.81. The maximum absolute atomic E-state index is 13.2. The number of nitrogens with one attached hydrogen (secondary N) is 2. The molecule has 4 rings (SSSR count). The average Bonchev–Trinajstić information content (AvgIpc) is 3.00. The molecule has 4 N–H and O–H groups in total. The van der Waals surface area contributed by atoms with Gasteiger partial charge in [0, 0.05) is 17.1 Å². The minimum atomic E-state index is -0.971. The maximum atomic E-state index is 13.2. The number of nitrogens with two attached hydrogens (primary N) is 1. The molecular weight excluding hydrogens is 526 g/mol. The van der Waals surface area contributed by atoms with Crippen molar-refractivity contribution in [3.05, 3.63) is 107 Å². The molecule has 0 aliphatic carbocycles. The van der Waals surface area contributed by atoms with E-state index in [0.717, 1.165) is 0 Å². The Hall–Kier alpha value is -5.76. The first-order valence-corrected chi connectivity index (χ1v) is 12.3. The number of anilines is 3. The van der Waals surface area contributed by atoms with Crippen molar-refractivity contribution in [2.75, 3.05) is 36.9 Å². The van der Waals surface area contributed by atoms with Crippen LogP contribution in [0, 0.1) is 11.3 Å². The number of allylic oxidation sites excluding steroid dienone is 1. The minimum absolute atomic E-state index is 0.0466. The molecule has 3 aromatic carbocycles. The molecule has 1 aliphatic rings. The molecule has 1 heterocycles. The van der Waals surface area contributed by atoms with E-state index in [4.69, 9.17) is 19.9 Å². The summed E-state index contributed by atoms with van der Waals surface area (Å²) in [4.78, 5) is 40.1. The molecule has 41 heavy (non-hydrogen) atoms. The molecule has 2 amide bonds. The Bertz CT molecular complexity index is 1560. The van der Waals surface area contributed by atoms with E-state index in [9.17, 15) is 19.6 Å². The smallest absolute Gasteiger partial charge is 0.355 e. The Morgan fingerprint density at radius 2 is 1.39 bits per heavy atom. The SMILES string of the molecule is COC(=O)C1=C(C(=O)OC)N(c2ccc(NC(=O)Nc3ccc(OC)cc3)cc2)C(N)=C(C#N)C1c1ccccc1. The number of hydrogen-bond acceptors (Lipinski definition) is 9. The molecule has 0 saturated carbocycles. The second-order valence-corrected chi connectivity index (χ2v) is 8.69. The lowest BCUT2D eigenvalue weighted by Crippen LogP contribution is -2.40. The molecule has 0 spiro atoms. The van der Waals surface area contributed by atoms with Crippen molar-refractivity contribution in [2.24, 2.45) is 5.73 Å². The normalized spacial score (nSPS) is 14.6. The Morgan fingerprint density at radius 1 is 0.829 bits per heavy atom. The van der Waals surface area contributed by atoms with Crippen LogP contribution in [-0.4, -0.2) is 39.3 Å². The van der Waals surface area contributed by atoms with Crippen molar-refractivity contribution in [1.82, 2.24) is 0 Å². The van der Waals surface area contributed by atoms with E-state index in [2.05, 4.69) is 16.7 Å². The Balaban J connectivity index is 1.71. The molecule has 11 heteroatoms. The summed E-state index contributed by atoms with van der Waals surface area (Å²) in [6.45, 7) is 0. The molecule has 0 aromatic heterocycles. The number of amides is 2. The van der Waals surface area contributed by atoms with Crippen molar-refractivity contribution in [2.45, 2.75) is 5.92 Å². The van der Waals surface area contributed by atoms with E-state index in [0.29, 0.717) is 28.4 Å². The maximum Gasteiger partial charge on any atom is 0.355 e. The summed E-state index contributed by atoms with van der Waals surface area (Å²) in [5, 5.41) is 15.6. The fourth-order valence-corrected chi connectivity index (χ4v) is 4.44. The van der Waals surface area contributed by atoms with E-state index < -0.39 is 23.9 Å². The number of ether oxygens (including phenoxy) is 3. The van der Waals surface area contributed by atoms with Crippen LogP contribution in [0.15, 0.2) is 102 Å². The van der Waals surface area contributed by atoms with Crippen LogP contribution >= 0.6 is 0 Å². The van der Waals surface area contributed by atoms with Crippen molar-refractivity contribution in [3.8, 4) is 11.8 Å². The van der Waals surface area contributed by atoms with Crippen molar-refractivity contribution < 1.29 is 28.6 Å². The highest BCUT2D eigenvalue weighted by atomic mass is 16.5. The fraction of sp³-hybridized carbons (Fsp3) is 0.133. The number of carbonyl (C=O) groups is 3. The molecule has 0 saturated heterocycles. The van der Waals surface area contributed by atoms with Gasteiger partial charge in [0.2, 0.25) is 0 Å². The largest absolute Gasteiger partial charge is 0.497 e. The van der Waals surface area contributed by atoms with Gasteiger partial charge in [-0.15, -0.1) is 0 Å². The van der Waals surface area contributed by atoms with Gasteiger partial charge in [-0.1, -0.05) is 30.3 Å². The molecule has 0 radical (unpaired) electrons. The van der Waals surface area contributed by atoms with Gasteiger partial charge in [0.15, 0.2) is 0 Å². The lowest BCUT2D eigenvalue weighted by molar-refractivity contribution is -0.139. The van der Waals surface area contributed by atoms with Gasteiger partial charge in [-0.2, -0.15) is 5.26 Å². The Morgan fingerprint density at radius 3 is 1.90 bits per heavy atom. The number of benzene rings is 3. The van der Waals surface area contributed by atoms with Gasteiger partial charge >= 0.3 is 18.0 Å². The molecule has 208 valence electrons. The Labute approximate surface area is 236 Å². The van der Waals surface area contributed by atoms with E-state index in [1.165, 1.54) is 19.1 Å². The van der Waals surface area contributed by atoms with Crippen molar-refractivity contribution in [1.29, 1.82) is 5.26 Å². The molecule has 11 nitrogen and oxygen atoms in total. The standard InChI is InChI=1S/C30H27N5O6/c1-39-22-15-11-20(12-16-22)34-30(38)33-19-9-13-21(14-10-19)35-26(29(37)41-3)25(28(36)40-2)24(23(17-31)27(35)32)18-7-5-4-6-8-18/h4-16,24H,32H2,1-3H3,(H2,33,34,38). The second kappa shape index (κ2) is 12.4. The van der Waals surface area contributed by atoms with Crippen LogP contribution < -0.4 is 26.0 Å². The van der Waals surface area contributed by atoms with Crippen LogP contribution in [0.25, 0.3) is 0 Å². The molecule has 1 unspecified atom stereocenters. The molecule has 1 atom stereocenters. The summed E-state index contributed by atoms with van der Waals surface area (Å²) < 4.78 is 15.2. The summed E-state index contributed by atoms with van der Waals surface area (Å²) in [5.41, 5.74) is 8.16. The first-order chi connectivity index (χ1) is 19.8. The lowest BCUT2D eigenvalue weighted by Gasteiger charge is -2.35. The summed E-state index contributed by atoms with van der Waals surface area (Å²) in [6, 6.07) is 23.5. The number of urea groups is 1. The molecular formula is C30H27N5O6. The minimum Gasteiger partial charge on any atom is -0.497 e. The molecule has 1 aliphatic heterocycles. The van der Waals surface area contributed by atoms with Crippen molar-refractivity contribution >= 4 is 35.0 Å². The van der Waals surface area contributed by atoms with Crippen LogP contribution in [-0.2, 0) is 19.1 Å². The van der Waals surface area contributed by atoms with Gasteiger partial charge in [0.05, 0.1) is 44.5 Å². The van der Waals surface area contributed by atoms with E-state index >= 15 is 0 Å². The summed E-state index contributed by atoms with van der Waals surface area (Å²) in [7, 11) is 3.91. The number of carbonyl (C=O) groups excluding carboxylic acids is 3. The quantitative estimate of drug-likeness (QED) is 0.364. The van der Waals surface area contributed by atoms with Crippen LogP contribution in [0.1, 0.15) is 11.5 Å². The third-order valence-corrected chi connectivity index (χ3v) is 6.34. The highest BCUT2D eigenvalue weighted by Gasteiger charge is 2.42. The summed E-state index contributed by atoms with van der Waals surface area (Å²) >= 11 is 0. The predicted molar refractivity (Wildman–Crippen MR) is 152 cm³/mol. The van der Waals surface area contributed by atoms with E-state index in [1.807, 2.05) is 0 Å². The third kappa shape index (κ3) is 5.81. The van der Waals surface area contributed by atoms with Crippen molar-refractivity contribution in [3.63, 3.8) is 0 Å². The zero-order valence-electron chi connectivity index (χ0n) is 22.5. The van der Waals surface area contributed by atoms with Gasteiger partial charge < -0.3 is 30.6 Å². The van der Waals surface area contributed by atoms with Crippen LogP contribution in [0.5, 0.6) is 5.75 Å². The van der Waals surface area contributed by atoms with Gasteiger partial charge in [-0.25, -0.2) is 14.4 Å². The Kier molecular flexibility index (Phi) is 8.54. The monoisotopic (exact) mass is 553 g/mol. The molecule has 3 aromatic rings. The second-order valence-electron chi connectivity index (χ2n) is 8.69. The van der Waals surface area contributed by atoms with Crippen LogP contribution in [0.4, 0.5) is 21.9 Å².